The second-order valence-corrected chi connectivity index (χ2v) is 8.07. The molecule has 3 rings (SSSR count). The molecular formula is C21H18ClNO3S. The van der Waals surface area contributed by atoms with Gasteiger partial charge in [0.1, 0.15) is 12.4 Å². The Labute approximate surface area is 164 Å². The van der Waals surface area contributed by atoms with Gasteiger partial charge in [-0.15, -0.1) is 0 Å². The number of sulfonamides is 1. The quantitative estimate of drug-likeness (QED) is 0.637. The Morgan fingerprint density at radius 1 is 0.926 bits per heavy atom. The van der Waals surface area contributed by atoms with Crippen LogP contribution in [-0.4, -0.2) is 21.6 Å². The molecule has 3 aromatic rings. The van der Waals surface area contributed by atoms with Crippen LogP contribution in [0.2, 0.25) is 5.02 Å². The van der Waals surface area contributed by atoms with E-state index in [4.69, 9.17) is 16.3 Å². The van der Waals surface area contributed by atoms with Crippen LogP contribution in [0.15, 0.2) is 66.7 Å². The molecule has 0 spiro atoms. The first-order chi connectivity index (χ1) is 13.0. The van der Waals surface area contributed by atoms with Crippen molar-refractivity contribution in [1.82, 2.24) is 4.72 Å². The van der Waals surface area contributed by atoms with E-state index in [1.165, 1.54) is 0 Å². The zero-order valence-corrected chi connectivity index (χ0v) is 16.1. The molecule has 6 heteroatoms. The van der Waals surface area contributed by atoms with Gasteiger partial charge in [-0.25, -0.2) is 13.1 Å². The highest BCUT2D eigenvalue weighted by molar-refractivity contribution is 7.88. The van der Waals surface area contributed by atoms with Crippen LogP contribution in [-0.2, 0) is 15.8 Å². The number of nitrogens with one attached hydrogen (secondary N) is 1. The van der Waals surface area contributed by atoms with E-state index < -0.39 is 10.0 Å². The Bertz CT molecular complexity index is 1080. The summed E-state index contributed by atoms with van der Waals surface area (Å²) >= 11 is 5.80. The Kier molecular flexibility index (Phi) is 6.36. The topological polar surface area (TPSA) is 55.4 Å². The molecule has 138 valence electrons. The Morgan fingerprint density at radius 3 is 2.48 bits per heavy atom. The number of halogens is 1. The normalized spacial score (nSPS) is 11.0. The average Bonchev–Trinajstić information content (AvgIpc) is 2.66. The third-order valence-corrected chi connectivity index (χ3v) is 5.37. The van der Waals surface area contributed by atoms with E-state index in [2.05, 4.69) is 16.6 Å². The minimum Gasteiger partial charge on any atom is -0.480 e. The van der Waals surface area contributed by atoms with E-state index in [1.54, 1.807) is 24.3 Å². The van der Waals surface area contributed by atoms with E-state index in [0.29, 0.717) is 10.6 Å². The number of fused-ring (bicyclic) bond motifs is 1. The molecule has 3 aromatic carbocycles. The van der Waals surface area contributed by atoms with Crippen molar-refractivity contribution in [3.8, 4) is 17.6 Å². The molecule has 0 radical (unpaired) electrons. The van der Waals surface area contributed by atoms with Gasteiger partial charge < -0.3 is 4.74 Å². The Morgan fingerprint density at radius 2 is 1.67 bits per heavy atom. The van der Waals surface area contributed by atoms with Crippen LogP contribution in [0.1, 0.15) is 5.56 Å². The van der Waals surface area contributed by atoms with Crippen molar-refractivity contribution in [2.45, 2.75) is 5.75 Å². The summed E-state index contributed by atoms with van der Waals surface area (Å²) in [7, 11) is -3.45. The van der Waals surface area contributed by atoms with Crippen LogP contribution < -0.4 is 9.46 Å². The fourth-order valence-corrected chi connectivity index (χ4v) is 3.70. The van der Waals surface area contributed by atoms with Crippen molar-refractivity contribution >= 4 is 32.4 Å². The maximum atomic E-state index is 12.0. The summed E-state index contributed by atoms with van der Waals surface area (Å²) < 4.78 is 32.2. The molecule has 0 saturated heterocycles. The summed E-state index contributed by atoms with van der Waals surface area (Å²) in [5.74, 6) is 6.24. The molecule has 0 aromatic heterocycles. The van der Waals surface area contributed by atoms with E-state index >= 15 is 0 Å². The fraction of sp³-hybridized carbons (Fsp3) is 0.143. The van der Waals surface area contributed by atoms with Crippen molar-refractivity contribution in [3.05, 3.63) is 77.3 Å². The van der Waals surface area contributed by atoms with Gasteiger partial charge >= 0.3 is 0 Å². The largest absolute Gasteiger partial charge is 0.480 e. The first-order valence-corrected chi connectivity index (χ1v) is 10.3. The first kappa shape index (κ1) is 19.2. The second kappa shape index (κ2) is 8.92. The Balaban J connectivity index is 1.49. The lowest BCUT2D eigenvalue weighted by Crippen LogP contribution is -2.25. The molecule has 0 saturated carbocycles. The zero-order valence-electron chi connectivity index (χ0n) is 14.5. The minimum atomic E-state index is -3.45. The molecule has 4 nitrogen and oxygen atoms in total. The van der Waals surface area contributed by atoms with Crippen molar-refractivity contribution in [1.29, 1.82) is 0 Å². The number of hydrogen-bond acceptors (Lipinski definition) is 3. The van der Waals surface area contributed by atoms with Gasteiger partial charge in [-0.05, 0) is 29.1 Å². The standard InChI is InChI=1S/C21H18ClNO3S/c22-19-12-10-17(11-13-19)16-27(24,25)23-14-3-4-15-26-21-9-5-7-18-6-1-2-8-20(18)21/h1-2,5-13,23H,14-16H2. The van der Waals surface area contributed by atoms with Crippen molar-refractivity contribution in [2.24, 2.45) is 0 Å². The molecule has 0 unspecified atom stereocenters. The van der Waals surface area contributed by atoms with Crippen molar-refractivity contribution in [3.63, 3.8) is 0 Å². The van der Waals surface area contributed by atoms with Gasteiger partial charge in [0.05, 0.1) is 12.3 Å². The van der Waals surface area contributed by atoms with Gasteiger partial charge in [-0.2, -0.15) is 0 Å². The third kappa shape index (κ3) is 5.73. The summed E-state index contributed by atoms with van der Waals surface area (Å²) in [5.41, 5.74) is 0.666. The van der Waals surface area contributed by atoms with Gasteiger partial charge in [0.2, 0.25) is 10.0 Å². The van der Waals surface area contributed by atoms with Crippen LogP contribution >= 0.6 is 11.6 Å². The predicted octanol–water partition coefficient (Wildman–Crippen LogP) is 4.00. The predicted molar refractivity (Wildman–Crippen MR) is 109 cm³/mol. The van der Waals surface area contributed by atoms with E-state index in [-0.39, 0.29) is 18.9 Å². The lowest BCUT2D eigenvalue weighted by atomic mass is 10.1. The van der Waals surface area contributed by atoms with Crippen molar-refractivity contribution < 1.29 is 13.2 Å². The first-order valence-electron chi connectivity index (χ1n) is 8.31. The van der Waals surface area contributed by atoms with Gasteiger partial charge in [0.25, 0.3) is 0 Å². The fourth-order valence-electron chi connectivity index (χ4n) is 2.55. The van der Waals surface area contributed by atoms with Gasteiger partial charge in [0, 0.05) is 10.4 Å². The highest BCUT2D eigenvalue weighted by Crippen LogP contribution is 2.24. The van der Waals surface area contributed by atoms with Gasteiger partial charge in [0.15, 0.2) is 0 Å². The van der Waals surface area contributed by atoms with Crippen LogP contribution in [0.4, 0.5) is 0 Å². The number of ether oxygens (including phenoxy) is 1. The molecule has 0 aliphatic rings. The second-order valence-electron chi connectivity index (χ2n) is 5.83. The molecule has 0 atom stereocenters. The summed E-state index contributed by atoms with van der Waals surface area (Å²) in [5, 5.41) is 2.68. The maximum absolute atomic E-state index is 12.0. The van der Waals surface area contributed by atoms with Crippen LogP contribution in [0.25, 0.3) is 10.8 Å². The summed E-state index contributed by atoms with van der Waals surface area (Å²) in [6, 6.07) is 20.5. The minimum absolute atomic E-state index is 0.0365. The van der Waals surface area contributed by atoms with E-state index in [0.717, 1.165) is 16.5 Å². The van der Waals surface area contributed by atoms with Gasteiger partial charge in [-0.1, -0.05) is 72.0 Å². The van der Waals surface area contributed by atoms with Crippen LogP contribution in [0.5, 0.6) is 5.75 Å². The van der Waals surface area contributed by atoms with Crippen molar-refractivity contribution in [2.75, 3.05) is 13.2 Å². The third-order valence-electron chi connectivity index (χ3n) is 3.82. The molecule has 0 aliphatic carbocycles. The number of hydrogen-bond donors (Lipinski definition) is 1. The number of rotatable bonds is 6. The molecular weight excluding hydrogens is 382 g/mol. The zero-order chi connectivity index (χ0) is 19.1. The van der Waals surface area contributed by atoms with Crippen LogP contribution in [0.3, 0.4) is 0 Å². The summed E-state index contributed by atoms with van der Waals surface area (Å²) in [6.45, 7) is 0.224. The average molecular weight is 400 g/mol. The Hall–Kier alpha value is -2.52. The summed E-state index contributed by atoms with van der Waals surface area (Å²) in [6.07, 6.45) is 0. The lowest BCUT2D eigenvalue weighted by molar-refractivity contribution is 0.374. The highest BCUT2D eigenvalue weighted by Gasteiger charge is 2.09. The lowest BCUT2D eigenvalue weighted by Gasteiger charge is -2.06. The molecule has 27 heavy (non-hydrogen) atoms. The molecule has 0 aliphatic heterocycles. The number of benzene rings is 3. The van der Waals surface area contributed by atoms with Gasteiger partial charge in [-0.3, -0.25) is 0 Å². The monoisotopic (exact) mass is 399 g/mol. The van der Waals surface area contributed by atoms with E-state index in [9.17, 15) is 8.42 Å². The highest BCUT2D eigenvalue weighted by atomic mass is 35.5. The van der Waals surface area contributed by atoms with Crippen LogP contribution in [0, 0.1) is 11.8 Å². The summed E-state index contributed by atoms with van der Waals surface area (Å²) in [4.78, 5) is 0. The maximum Gasteiger partial charge on any atom is 0.216 e. The van der Waals surface area contributed by atoms with E-state index in [1.807, 2.05) is 42.5 Å². The SMILES string of the molecule is O=S(=O)(Cc1ccc(Cl)cc1)NCC#CCOc1cccc2ccccc12. The molecule has 0 bridgehead atoms. The molecule has 0 fully saturated rings. The molecule has 0 heterocycles. The molecule has 0 amide bonds. The smallest absolute Gasteiger partial charge is 0.216 e. The molecule has 1 N–H and O–H groups in total.